The minimum absolute atomic E-state index is 0. The van der Waals surface area contributed by atoms with E-state index in [1.54, 1.807) is 4.31 Å². The summed E-state index contributed by atoms with van der Waals surface area (Å²) in [5.74, 6) is 1.61. The molecule has 2 aliphatic heterocycles. The van der Waals surface area contributed by atoms with Crippen molar-refractivity contribution in [2.45, 2.75) is 58.4 Å². The van der Waals surface area contributed by atoms with E-state index in [9.17, 15) is 8.42 Å². The fraction of sp³-hybridized carbons (Fsp3) is 0.727. The Hall–Kier alpha value is -0.820. The van der Waals surface area contributed by atoms with Crippen LogP contribution in [-0.2, 0) is 21.9 Å². The van der Waals surface area contributed by atoms with E-state index in [-0.39, 0.29) is 17.8 Å². The quantitative estimate of drug-likeness (QED) is 0.643. The van der Waals surface area contributed by atoms with Crippen LogP contribution in [0.3, 0.4) is 0 Å². The topological polar surface area (TPSA) is 49.9 Å². The van der Waals surface area contributed by atoms with Crippen LogP contribution in [0.15, 0.2) is 18.2 Å². The van der Waals surface area contributed by atoms with Crippen LogP contribution >= 0.6 is 12.4 Å². The van der Waals surface area contributed by atoms with E-state index in [1.165, 1.54) is 17.4 Å². The van der Waals surface area contributed by atoms with Crippen LogP contribution in [0, 0.1) is 5.92 Å². The van der Waals surface area contributed by atoms with Crippen molar-refractivity contribution >= 4 is 22.4 Å². The summed E-state index contributed by atoms with van der Waals surface area (Å²) >= 11 is 0. The third-order valence-corrected chi connectivity index (χ3v) is 7.62. The molecular formula is C22H37ClN2O3S. The summed E-state index contributed by atoms with van der Waals surface area (Å²) in [6.07, 6.45) is 4.27. The summed E-state index contributed by atoms with van der Waals surface area (Å²) in [7, 11) is -3.05. The van der Waals surface area contributed by atoms with Crippen LogP contribution in [-0.4, -0.2) is 62.7 Å². The van der Waals surface area contributed by atoms with Crippen molar-refractivity contribution in [1.29, 1.82) is 0 Å². The lowest BCUT2D eigenvalue weighted by atomic mass is 9.86. The predicted molar refractivity (Wildman–Crippen MR) is 122 cm³/mol. The van der Waals surface area contributed by atoms with Gasteiger partial charge in [0.1, 0.15) is 5.75 Å². The molecule has 166 valence electrons. The Labute approximate surface area is 183 Å². The molecule has 0 amide bonds. The molecule has 2 heterocycles. The second kappa shape index (κ2) is 9.54. The molecule has 0 N–H and O–H groups in total. The molecule has 1 aromatic rings. The van der Waals surface area contributed by atoms with Gasteiger partial charge in [-0.25, -0.2) is 12.7 Å². The molecule has 0 bridgehead atoms. The predicted octanol–water partition coefficient (Wildman–Crippen LogP) is 3.70. The van der Waals surface area contributed by atoms with Crippen LogP contribution in [0.5, 0.6) is 5.75 Å². The van der Waals surface area contributed by atoms with Gasteiger partial charge < -0.3 is 9.64 Å². The van der Waals surface area contributed by atoms with Gasteiger partial charge in [-0.15, -0.1) is 12.4 Å². The number of rotatable bonds is 7. The van der Waals surface area contributed by atoms with Gasteiger partial charge >= 0.3 is 0 Å². The highest BCUT2D eigenvalue weighted by Crippen LogP contribution is 2.38. The van der Waals surface area contributed by atoms with Crippen molar-refractivity contribution in [2.24, 2.45) is 5.92 Å². The summed E-state index contributed by atoms with van der Waals surface area (Å²) in [5, 5.41) is 0. The molecule has 0 spiro atoms. The van der Waals surface area contributed by atoms with Gasteiger partial charge in [0, 0.05) is 43.2 Å². The molecule has 1 saturated heterocycles. The Balaban J connectivity index is 0.00000300. The molecule has 0 aliphatic carbocycles. The van der Waals surface area contributed by atoms with E-state index in [1.807, 2.05) is 0 Å². The largest absolute Gasteiger partial charge is 0.492 e. The maximum atomic E-state index is 11.7. The van der Waals surface area contributed by atoms with Crippen LogP contribution in [0.2, 0.25) is 0 Å². The summed E-state index contributed by atoms with van der Waals surface area (Å²) < 4.78 is 30.9. The van der Waals surface area contributed by atoms with Crippen LogP contribution in [0.1, 0.15) is 51.7 Å². The first kappa shape index (κ1) is 24.4. The lowest BCUT2D eigenvalue weighted by Gasteiger charge is -2.35. The van der Waals surface area contributed by atoms with Gasteiger partial charge in [-0.1, -0.05) is 26.0 Å². The molecule has 0 aromatic heterocycles. The summed E-state index contributed by atoms with van der Waals surface area (Å²) in [4.78, 5) is 2.55. The van der Waals surface area contributed by atoms with Crippen molar-refractivity contribution in [2.75, 3.05) is 39.0 Å². The zero-order valence-electron chi connectivity index (χ0n) is 18.5. The van der Waals surface area contributed by atoms with Gasteiger partial charge in [0.25, 0.3) is 0 Å². The zero-order valence-corrected chi connectivity index (χ0v) is 20.1. The molecule has 0 atom stereocenters. The van der Waals surface area contributed by atoms with Crippen LogP contribution < -0.4 is 4.74 Å². The van der Waals surface area contributed by atoms with Gasteiger partial charge in [-0.05, 0) is 50.7 Å². The molecule has 3 rings (SSSR count). The van der Waals surface area contributed by atoms with E-state index in [0.29, 0.717) is 25.0 Å². The van der Waals surface area contributed by atoms with Crippen molar-refractivity contribution in [3.05, 3.63) is 29.3 Å². The first-order valence-electron chi connectivity index (χ1n) is 10.5. The molecule has 1 fully saturated rings. The molecule has 29 heavy (non-hydrogen) atoms. The summed E-state index contributed by atoms with van der Waals surface area (Å²) in [5.41, 5.74) is 2.79. The average Bonchev–Trinajstić information content (AvgIpc) is 2.92. The SMILES string of the molecule is CC(C)N(CCc1ccc2c(c1)C(C)(C)CO2)CC1CCN(S(C)(=O)=O)CC1.Cl. The second-order valence-corrected chi connectivity index (χ2v) is 11.4. The first-order valence-corrected chi connectivity index (χ1v) is 12.4. The second-order valence-electron chi connectivity index (χ2n) is 9.45. The standard InChI is InChI=1S/C22H36N2O3S.ClH/c1-17(2)23(15-19-9-12-24(13-10-19)28(5,25)26)11-8-18-6-7-21-20(14-18)22(3,4)16-27-21;/h6-7,14,17,19H,8-13,15-16H2,1-5H3;1H. The maximum absolute atomic E-state index is 11.7. The molecule has 7 heteroatoms. The van der Waals surface area contributed by atoms with E-state index in [4.69, 9.17) is 4.74 Å². The van der Waals surface area contributed by atoms with Gasteiger partial charge in [0.2, 0.25) is 10.0 Å². The number of hydrogen-bond acceptors (Lipinski definition) is 4. The lowest BCUT2D eigenvalue weighted by Crippen LogP contribution is -2.43. The molecule has 0 radical (unpaired) electrons. The Bertz CT molecular complexity index is 787. The molecular weight excluding hydrogens is 408 g/mol. The molecule has 1 aromatic carbocycles. The molecule has 0 saturated carbocycles. The fourth-order valence-electron chi connectivity index (χ4n) is 4.31. The number of halogens is 1. The highest BCUT2D eigenvalue weighted by Gasteiger charge is 2.32. The highest BCUT2D eigenvalue weighted by molar-refractivity contribution is 7.88. The minimum Gasteiger partial charge on any atom is -0.492 e. The number of sulfonamides is 1. The van der Waals surface area contributed by atoms with Crippen LogP contribution in [0.25, 0.3) is 0 Å². The Kier molecular flexibility index (Phi) is 8.05. The molecule has 0 unspecified atom stereocenters. The van der Waals surface area contributed by atoms with Gasteiger partial charge in [-0.2, -0.15) is 0 Å². The smallest absolute Gasteiger partial charge is 0.211 e. The Morgan fingerprint density at radius 2 is 1.90 bits per heavy atom. The van der Waals surface area contributed by atoms with Crippen molar-refractivity contribution in [3.8, 4) is 5.75 Å². The van der Waals surface area contributed by atoms with Crippen LogP contribution in [0.4, 0.5) is 0 Å². The van der Waals surface area contributed by atoms with Gasteiger partial charge in [0.15, 0.2) is 0 Å². The number of piperidine rings is 1. The minimum atomic E-state index is -3.05. The first-order chi connectivity index (χ1) is 13.1. The third-order valence-electron chi connectivity index (χ3n) is 6.31. The van der Waals surface area contributed by atoms with Crippen molar-refractivity contribution in [1.82, 2.24) is 9.21 Å². The number of nitrogens with zero attached hydrogens (tertiary/aromatic N) is 2. The third kappa shape index (κ3) is 6.09. The number of benzene rings is 1. The Morgan fingerprint density at radius 3 is 2.48 bits per heavy atom. The average molecular weight is 445 g/mol. The van der Waals surface area contributed by atoms with Gasteiger partial charge in [-0.3, -0.25) is 0 Å². The van der Waals surface area contributed by atoms with E-state index < -0.39 is 10.0 Å². The molecule has 2 aliphatic rings. The summed E-state index contributed by atoms with van der Waals surface area (Å²) in [6.45, 7) is 13.2. The monoisotopic (exact) mass is 444 g/mol. The Morgan fingerprint density at radius 1 is 1.24 bits per heavy atom. The zero-order chi connectivity index (χ0) is 20.5. The normalized spacial score (nSPS) is 19.8. The number of fused-ring (bicyclic) bond motifs is 1. The lowest BCUT2D eigenvalue weighted by molar-refractivity contribution is 0.155. The number of ether oxygens (including phenoxy) is 1. The maximum Gasteiger partial charge on any atom is 0.211 e. The fourth-order valence-corrected chi connectivity index (χ4v) is 5.19. The van der Waals surface area contributed by atoms with E-state index >= 15 is 0 Å². The van der Waals surface area contributed by atoms with Crippen molar-refractivity contribution in [3.63, 3.8) is 0 Å². The van der Waals surface area contributed by atoms with E-state index in [0.717, 1.165) is 44.7 Å². The summed E-state index contributed by atoms with van der Waals surface area (Å²) in [6, 6.07) is 7.14. The molecule has 5 nitrogen and oxygen atoms in total. The highest BCUT2D eigenvalue weighted by atomic mass is 35.5. The van der Waals surface area contributed by atoms with Gasteiger partial charge in [0.05, 0.1) is 12.9 Å². The van der Waals surface area contributed by atoms with Crippen molar-refractivity contribution < 1.29 is 13.2 Å². The van der Waals surface area contributed by atoms with E-state index in [2.05, 4.69) is 50.8 Å². The number of hydrogen-bond donors (Lipinski definition) is 0.